The van der Waals surface area contributed by atoms with Gasteiger partial charge in [-0.15, -0.1) is 0 Å². The summed E-state index contributed by atoms with van der Waals surface area (Å²) in [5.74, 6) is -0.434. The normalized spacial score (nSPS) is 12.7. The molecule has 0 fully saturated rings. The van der Waals surface area contributed by atoms with Gasteiger partial charge in [-0.3, -0.25) is 4.79 Å². The summed E-state index contributed by atoms with van der Waals surface area (Å²) < 4.78 is 63.2. The van der Waals surface area contributed by atoms with Gasteiger partial charge in [-0.2, -0.15) is 36.4 Å². The van der Waals surface area contributed by atoms with Crippen LogP contribution >= 0.6 is 25.1 Å². The molecule has 1 amide bonds. The van der Waals surface area contributed by atoms with E-state index in [0.717, 1.165) is 11.6 Å². The van der Waals surface area contributed by atoms with Crippen molar-refractivity contribution < 1.29 is 26.4 Å². The minimum absolute atomic E-state index is 0. The molecule has 0 unspecified atom stereocenters. The number of aromatic nitrogens is 5. The first-order valence-electron chi connectivity index (χ1n) is 8.52. The highest BCUT2D eigenvalue weighted by Crippen LogP contribution is 2.32. The lowest BCUT2D eigenvalue weighted by atomic mass is 10.2. The van der Waals surface area contributed by atoms with Gasteiger partial charge in [-0.05, 0) is 37.6 Å². The van der Waals surface area contributed by atoms with Gasteiger partial charge in [0.2, 0.25) is 0 Å². The monoisotopic (exact) mass is 508 g/mol. The summed E-state index contributed by atoms with van der Waals surface area (Å²) in [5.41, 5.74) is -5.10. The topological polar surface area (TPSA) is 120 Å². The molecule has 172 valence electrons. The van der Waals surface area contributed by atoms with Crippen molar-refractivity contribution in [1.82, 2.24) is 30.0 Å². The lowest BCUT2D eigenvalue weighted by Crippen LogP contribution is -2.29. The van der Waals surface area contributed by atoms with Crippen molar-refractivity contribution in [3.05, 3.63) is 58.9 Å². The van der Waals surface area contributed by atoms with Gasteiger partial charge < -0.3 is 5.32 Å². The molecule has 0 saturated carbocycles. The Balaban J connectivity index is 0.00000363. The average molecular weight is 509 g/mol. The molecule has 15 heteroatoms. The number of benzene rings is 1. The lowest BCUT2D eigenvalue weighted by molar-refractivity contribution is -0.0436. The number of alkyl halides is 3. The van der Waals surface area contributed by atoms with E-state index in [-0.39, 0.29) is 35.9 Å². The highest BCUT2D eigenvalue weighted by Gasteiger charge is 2.47. The molecule has 3 aromatic rings. The first-order valence-corrected chi connectivity index (χ1v) is 10.4. The van der Waals surface area contributed by atoms with Crippen LogP contribution in [0.25, 0.3) is 5.95 Å². The van der Waals surface area contributed by atoms with Gasteiger partial charge in [0.15, 0.2) is 5.82 Å². The van der Waals surface area contributed by atoms with E-state index in [1.54, 1.807) is 26.2 Å². The van der Waals surface area contributed by atoms with Crippen LogP contribution in [0.2, 0.25) is 5.02 Å². The van der Waals surface area contributed by atoms with Crippen molar-refractivity contribution in [1.29, 1.82) is 0 Å². The third kappa shape index (κ3) is 5.19. The summed E-state index contributed by atoms with van der Waals surface area (Å²) in [5, 5.41) is 6.17. The number of amides is 1. The molecule has 3 rings (SSSR count). The fourth-order valence-corrected chi connectivity index (χ4v) is 3.65. The number of halogens is 4. The Labute approximate surface area is 192 Å². The molecular weight excluding hydrogens is 493 g/mol. The molecule has 0 aliphatic carbocycles. The van der Waals surface area contributed by atoms with Gasteiger partial charge in [0, 0.05) is 23.0 Å². The summed E-state index contributed by atoms with van der Waals surface area (Å²) in [6, 6.07) is 1.48. The van der Waals surface area contributed by atoms with E-state index in [9.17, 15) is 26.4 Å². The Morgan fingerprint density at radius 3 is 2.38 bits per heavy atom. The van der Waals surface area contributed by atoms with E-state index in [4.69, 9.17) is 11.6 Å². The van der Waals surface area contributed by atoms with Crippen molar-refractivity contribution in [3.63, 3.8) is 0 Å². The summed E-state index contributed by atoms with van der Waals surface area (Å²) >= 11 is 5.75. The zero-order valence-electron chi connectivity index (χ0n) is 16.4. The van der Waals surface area contributed by atoms with E-state index in [2.05, 4.69) is 25.4 Å². The lowest BCUT2D eigenvalue weighted by Gasteiger charge is -2.15. The molecule has 2 heterocycles. The maximum atomic E-state index is 12.8. The zero-order chi connectivity index (χ0) is 23.0. The quantitative estimate of drug-likeness (QED) is 0.562. The Morgan fingerprint density at radius 2 is 1.78 bits per heavy atom. The standard InChI is InChI=1S/C17H14ClF3N6O3S.H2S/c1-9-6-22-16(23-7-9)27-14(24-8-25-27)10(2)26-15(28)11-3-12(18)5-13(4-11)31(29,30)17(19,20)21;/h3-8,10H,1-2H3,(H,26,28);1H2/t10-;/m1./s1. The highest BCUT2D eigenvalue weighted by atomic mass is 35.5. The van der Waals surface area contributed by atoms with Crippen LogP contribution in [0, 0.1) is 6.92 Å². The second-order valence-electron chi connectivity index (χ2n) is 6.41. The number of nitrogens with one attached hydrogen (secondary N) is 1. The van der Waals surface area contributed by atoms with Crippen molar-refractivity contribution in [3.8, 4) is 5.95 Å². The van der Waals surface area contributed by atoms with E-state index in [0.29, 0.717) is 12.1 Å². The van der Waals surface area contributed by atoms with Crippen LogP contribution in [0.3, 0.4) is 0 Å². The minimum Gasteiger partial charge on any atom is -0.342 e. The van der Waals surface area contributed by atoms with Gasteiger partial charge in [-0.1, -0.05) is 11.6 Å². The van der Waals surface area contributed by atoms with Crippen LogP contribution in [0.15, 0.2) is 41.8 Å². The van der Waals surface area contributed by atoms with Gasteiger partial charge in [0.1, 0.15) is 6.33 Å². The Bertz CT molecular complexity index is 1230. The molecule has 0 saturated heterocycles. The van der Waals surface area contributed by atoms with Gasteiger partial charge in [-0.25, -0.2) is 23.4 Å². The van der Waals surface area contributed by atoms with Crippen molar-refractivity contribution in [2.24, 2.45) is 0 Å². The van der Waals surface area contributed by atoms with Crippen molar-refractivity contribution in [2.75, 3.05) is 0 Å². The molecule has 32 heavy (non-hydrogen) atoms. The summed E-state index contributed by atoms with van der Waals surface area (Å²) in [4.78, 5) is 23.7. The second-order valence-corrected chi connectivity index (χ2v) is 8.79. The van der Waals surface area contributed by atoms with Crippen molar-refractivity contribution >= 4 is 40.8 Å². The first-order chi connectivity index (χ1) is 14.4. The fourth-order valence-electron chi connectivity index (χ4n) is 2.52. The third-order valence-corrected chi connectivity index (χ3v) is 5.70. The van der Waals surface area contributed by atoms with E-state index < -0.39 is 32.2 Å². The second kappa shape index (κ2) is 9.42. The van der Waals surface area contributed by atoms with Crippen LogP contribution in [0.5, 0.6) is 0 Å². The number of carbonyl (C=O) groups excluding carboxylic acids is 1. The van der Waals surface area contributed by atoms with Crippen LogP contribution in [-0.4, -0.2) is 44.6 Å². The summed E-state index contributed by atoms with van der Waals surface area (Å²) in [7, 11) is -5.68. The average Bonchev–Trinajstić information content (AvgIpc) is 3.17. The minimum atomic E-state index is -5.68. The molecule has 1 N–H and O–H groups in total. The number of sulfone groups is 1. The number of aryl methyl sites for hydroxylation is 1. The van der Waals surface area contributed by atoms with Crippen LogP contribution in [0.1, 0.15) is 34.7 Å². The highest BCUT2D eigenvalue weighted by molar-refractivity contribution is 7.92. The number of hydrogen-bond acceptors (Lipinski definition) is 7. The summed E-state index contributed by atoms with van der Waals surface area (Å²) in [6.45, 7) is 3.34. The smallest absolute Gasteiger partial charge is 0.342 e. The van der Waals surface area contributed by atoms with Gasteiger partial charge >= 0.3 is 5.51 Å². The number of hydrogen-bond donors (Lipinski definition) is 1. The van der Waals surface area contributed by atoms with Crippen LogP contribution < -0.4 is 5.32 Å². The Morgan fingerprint density at radius 1 is 1.16 bits per heavy atom. The molecular formula is C17H16ClF3N6O3S2. The van der Waals surface area contributed by atoms with Gasteiger partial charge in [0.25, 0.3) is 21.7 Å². The molecule has 9 nitrogen and oxygen atoms in total. The molecule has 0 spiro atoms. The van der Waals surface area contributed by atoms with E-state index >= 15 is 0 Å². The number of nitrogens with zero attached hydrogens (tertiary/aromatic N) is 5. The van der Waals surface area contributed by atoms with E-state index in [1.807, 2.05) is 0 Å². The predicted octanol–water partition coefficient (Wildman–Crippen LogP) is 2.92. The molecule has 0 aliphatic rings. The first kappa shape index (κ1) is 25.5. The van der Waals surface area contributed by atoms with Gasteiger partial charge in [0.05, 0.1) is 10.9 Å². The fraction of sp³-hybridized carbons (Fsp3) is 0.235. The number of carbonyl (C=O) groups is 1. The van der Waals surface area contributed by atoms with Crippen molar-refractivity contribution in [2.45, 2.75) is 30.3 Å². The maximum Gasteiger partial charge on any atom is 0.501 e. The Hall–Kier alpha value is -2.71. The molecule has 1 atom stereocenters. The third-order valence-electron chi connectivity index (χ3n) is 4.01. The Kier molecular flexibility index (Phi) is 7.52. The predicted molar refractivity (Wildman–Crippen MR) is 113 cm³/mol. The largest absolute Gasteiger partial charge is 0.501 e. The van der Waals surface area contributed by atoms with Crippen LogP contribution in [0.4, 0.5) is 13.2 Å². The maximum absolute atomic E-state index is 12.8. The molecule has 0 radical (unpaired) electrons. The SMILES string of the molecule is Cc1cnc(-n2ncnc2[C@@H](C)NC(=O)c2cc(Cl)cc(S(=O)(=O)C(F)(F)F)c2)nc1.S. The number of rotatable bonds is 5. The molecule has 2 aromatic heterocycles. The summed E-state index contributed by atoms with van der Waals surface area (Å²) in [6.07, 6.45) is 4.34. The van der Waals surface area contributed by atoms with Crippen LogP contribution in [-0.2, 0) is 9.84 Å². The molecule has 0 aliphatic heterocycles. The zero-order valence-corrected chi connectivity index (χ0v) is 19.0. The molecule has 1 aromatic carbocycles. The molecule has 0 bridgehead atoms. The van der Waals surface area contributed by atoms with E-state index in [1.165, 1.54) is 11.0 Å².